The van der Waals surface area contributed by atoms with Gasteiger partial charge in [0.2, 0.25) is 10.3 Å². The number of rotatable bonds is 3. The van der Waals surface area contributed by atoms with Crippen LogP contribution in [-0.4, -0.2) is 30.9 Å². The maximum atomic E-state index is 10.5. The van der Waals surface area contributed by atoms with Crippen molar-refractivity contribution in [3.63, 3.8) is 0 Å². The van der Waals surface area contributed by atoms with Crippen molar-refractivity contribution in [2.45, 2.75) is 6.92 Å². The summed E-state index contributed by atoms with van der Waals surface area (Å²) in [6.45, 7) is 1.62. The molecule has 0 fully saturated rings. The van der Waals surface area contributed by atoms with Crippen LogP contribution in [0.5, 0.6) is 0 Å². The second-order valence-corrected chi connectivity index (χ2v) is 4.80. The molecule has 0 unspecified atom stereocenters. The number of pyridine rings is 2. The molecule has 0 aromatic carbocycles. The van der Waals surface area contributed by atoms with Crippen LogP contribution in [-0.2, 0) is 0 Å². The molecule has 0 radical (unpaired) electrons. The number of carboxylic acids is 1. The molecule has 0 atom stereocenters. The third-order valence-corrected chi connectivity index (χ3v) is 3.11. The molecule has 24 heavy (non-hydrogen) atoms. The number of hydrogen-bond acceptors (Lipinski definition) is 7. The van der Waals surface area contributed by atoms with E-state index in [1.165, 1.54) is 6.20 Å². The van der Waals surface area contributed by atoms with Crippen LogP contribution in [0.15, 0.2) is 24.5 Å². The van der Waals surface area contributed by atoms with E-state index in [1.54, 1.807) is 13.0 Å². The summed E-state index contributed by atoms with van der Waals surface area (Å²) in [7, 11) is 0. The van der Waals surface area contributed by atoms with Gasteiger partial charge >= 0.3 is 17.3 Å². The van der Waals surface area contributed by atoms with Crippen LogP contribution in [0.2, 0.25) is 10.3 Å². The average molecular weight is 375 g/mol. The zero-order valence-corrected chi connectivity index (χ0v) is 13.4. The van der Waals surface area contributed by atoms with Gasteiger partial charge in [-0.25, -0.2) is 14.8 Å². The first-order valence-electron chi connectivity index (χ1n) is 5.94. The molecule has 0 aliphatic rings. The van der Waals surface area contributed by atoms with Gasteiger partial charge in [0.25, 0.3) is 0 Å². The quantitative estimate of drug-likeness (QED) is 0.488. The monoisotopic (exact) mass is 374 g/mol. The fraction of sp³-hybridized carbons (Fsp3) is 0.0833. The van der Waals surface area contributed by atoms with Gasteiger partial charge in [0, 0.05) is 18.0 Å². The van der Waals surface area contributed by atoms with Crippen LogP contribution in [0.4, 0.5) is 11.4 Å². The molecule has 0 saturated heterocycles. The van der Waals surface area contributed by atoms with Crippen molar-refractivity contribution in [2.75, 3.05) is 0 Å². The van der Waals surface area contributed by atoms with E-state index < -0.39 is 32.2 Å². The standard InChI is InChI=1S/C6H3ClN2O4.C6H5ClN2O2/c7-5-4(9(12)13)3(6(10)11)1-2-8-5;1-4-2-3-8-6(7)5(4)9(10)11/h1-2H,(H,10,11);2-3H,1H3. The van der Waals surface area contributed by atoms with E-state index in [2.05, 4.69) is 9.97 Å². The fourth-order valence-electron chi connectivity index (χ4n) is 1.51. The van der Waals surface area contributed by atoms with Crippen LogP contribution in [0.3, 0.4) is 0 Å². The lowest BCUT2D eigenvalue weighted by molar-refractivity contribution is -0.385. The molecular weight excluding hydrogens is 367 g/mol. The van der Waals surface area contributed by atoms with Gasteiger partial charge in [0.05, 0.1) is 9.85 Å². The van der Waals surface area contributed by atoms with Gasteiger partial charge in [0.1, 0.15) is 5.56 Å². The molecule has 0 aliphatic heterocycles. The fourth-order valence-corrected chi connectivity index (χ4v) is 2.01. The minimum atomic E-state index is -1.41. The Labute approximate surface area is 144 Å². The summed E-state index contributed by atoms with van der Waals surface area (Å²) in [5.41, 5.74) is -0.745. The number of carboxylic acid groups (broad SMARTS) is 1. The van der Waals surface area contributed by atoms with Crippen LogP contribution in [0.25, 0.3) is 0 Å². The highest BCUT2D eigenvalue weighted by Crippen LogP contribution is 2.25. The van der Waals surface area contributed by atoms with Crippen LogP contribution in [0, 0.1) is 27.2 Å². The van der Waals surface area contributed by atoms with Gasteiger partial charge < -0.3 is 5.11 Å². The lowest BCUT2D eigenvalue weighted by Crippen LogP contribution is -2.03. The highest BCUT2D eigenvalue weighted by Gasteiger charge is 2.24. The first-order valence-corrected chi connectivity index (χ1v) is 6.70. The summed E-state index contributed by atoms with van der Waals surface area (Å²) in [4.78, 5) is 36.8. The molecule has 0 spiro atoms. The highest BCUT2D eigenvalue weighted by atomic mass is 35.5. The number of hydrogen-bond donors (Lipinski definition) is 1. The van der Waals surface area contributed by atoms with E-state index in [9.17, 15) is 25.0 Å². The second kappa shape index (κ2) is 8.13. The Kier molecular flexibility index (Phi) is 6.50. The zero-order chi connectivity index (χ0) is 18.4. The van der Waals surface area contributed by atoms with Gasteiger partial charge in [-0.15, -0.1) is 0 Å². The third kappa shape index (κ3) is 4.57. The lowest BCUT2D eigenvalue weighted by Gasteiger charge is -1.97. The van der Waals surface area contributed by atoms with E-state index in [0.29, 0.717) is 5.56 Å². The molecule has 0 aliphatic carbocycles. The average Bonchev–Trinajstić information content (AvgIpc) is 2.46. The number of halogens is 2. The summed E-state index contributed by atoms with van der Waals surface area (Å²) in [6, 6.07) is 2.57. The maximum absolute atomic E-state index is 10.5. The van der Waals surface area contributed by atoms with E-state index in [4.69, 9.17) is 28.3 Å². The van der Waals surface area contributed by atoms with Crippen molar-refractivity contribution in [3.05, 3.63) is 66.2 Å². The number of aryl methyl sites for hydroxylation is 1. The van der Waals surface area contributed by atoms with Crippen molar-refractivity contribution in [3.8, 4) is 0 Å². The maximum Gasteiger partial charge on any atom is 0.342 e. The Morgan fingerprint density at radius 3 is 1.83 bits per heavy atom. The molecule has 10 nitrogen and oxygen atoms in total. The van der Waals surface area contributed by atoms with Gasteiger partial charge in [0.15, 0.2) is 0 Å². The van der Waals surface area contributed by atoms with Gasteiger partial charge in [-0.3, -0.25) is 20.2 Å². The molecule has 2 heterocycles. The summed E-state index contributed by atoms with van der Waals surface area (Å²) in [5, 5.41) is 28.8. The van der Waals surface area contributed by atoms with Crippen molar-refractivity contribution >= 4 is 40.5 Å². The molecule has 0 amide bonds. The molecule has 0 bridgehead atoms. The molecule has 2 aromatic heterocycles. The summed E-state index contributed by atoms with van der Waals surface area (Å²) in [5.74, 6) is -1.41. The number of aromatic carboxylic acids is 1. The predicted octanol–water partition coefficient (Wildman–Crippen LogP) is 3.29. The molecular formula is C12H8Cl2N4O6. The van der Waals surface area contributed by atoms with E-state index in [0.717, 1.165) is 12.3 Å². The molecule has 12 heteroatoms. The molecule has 2 aromatic rings. The van der Waals surface area contributed by atoms with Crippen LogP contribution >= 0.6 is 23.2 Å². The van der Waals surface area contributed by atoms with Crippen molar-refractivity contribution in [1.29, 1.82) is 0 Å². The summed E-state index contributed by atoms with van der Waals surface area (Å²) < 4.78 is 0. The third-order valence-electron chi connectivity index (χ3n) is 2.56. The summed E-state index contributed by atoms with van der Waals surface area (Å²) in [6.07, 6.45) is 2.53. The topological polar surface area (TPSA) is 149 Å². The minimum absolute atomic E-state index is 0.0602. The van der Waals surface area contributed by atoms with Crippen molar-refractivity contribution in [2.24, 2.45) is 0 Å². The normalized spacial score (nSPS) is 9.62. The van der Waals surface area contributed by atoms with E-state index in [1.807, 2.05) is 0 Å². The molecule has 1 N–H and O–H groups in total. The Morgan fingerprint density at radius 1 is 1.04 bits per heavy atom. The molecule has 2 rings (SSSR count). The Morgan fingerprint density at radius 2 is 1.50 bits per heavy atom. The Balaban J connectivity index is 0.000000243. The van der Waals surface area contributed by atoms with Crippen LogP contribution < -0.4 is 0 Å². The zero-order valence-electron chi connectivity index (χ0n) is 11.8. The lowest BCUT2D eigenvalue weighted by atomic mass is 10.2. The number of carbonyl (C=O) groups is 1. The van der Waals surface area contributed by atoms with E-state index in [-0.39, 0.29) is 10.8 Å². The van der Waals surface area contributed by atoms with Gasteiger partial charge in [-0.2, -0.15) is 0 Å². The van der Waals surface area contributed by atoms with Crippen molar-refractivity contribution in [1.82, 2.24) is 9.97 Å². The van der Waals surface area contributed by atoms with Gasteiger partial charge in [-0.05, 0) is 19.1 Å². The molecule has 0 saturated carbocycles. The number of aromatic nitrogens is 2. The first-order chi connectivity index (χ1) is 11.2. The Bertz CT molecular complexity index is 794. The minimum Gasteiger partial charge on any atom is -0.477 e. The smallest absolute Gasteiger partial charge is 0.342 e. The Hall–Kier alpha value is -2.85. The highest BCUT2D eigenvalue weighted by molar-refractivity contribution is 6.32. The molecule has 126 valence electrons. The summed E-state index contributed by atoms with van der Waals surface area (Å²) >= 11 is 10.8. The largest absolute Gasteiger partial charge is 0.477 e. The SMILES string of the molecule is Cc1ccnc(Cl)c1[N+](=O)[O-].O=C(O)c1ccnc(Cl)c1[N+](=O)[O-]. The second-order valence-electron chi connectivity index (χ2n) is 4.08. The number of nitro groups is 2. The van der Waals surface area contributed by atoms with Crippen molar-refractivity contribution < 1.29 is 19.7 Å². The first kappa shape index (κ1) is 19.2. The van der Waals surface area contributed by atoms with Gasteiger partial charge in [-0.1, -0.05) is 23.2 Å². The predicted molar refractivity (Wildman–Crippen MR) is 83.5 cm³/mol. The number of nitrogens with zero attached hydrogens (tertiary/aromatic N) is 4. The van der Waals surface area contributed by atoms with E-state index >= 15 is 0 Å². The van der Waals surface area contributed by atoms with Crippen LogP contribution in [0.1, 0.15) is 15.9 Å².